The van der Waals surface area contributed by atoms with E-state index in [1.54, 1.807) is 12.1 Å². The first-order valence-corrected chi connectivity index (χ1v) is 9.00. The van der Waals surface area contributed by atoms with Crippen molar-refractivity contribution in [3.8, 4) is 11.4 Å². The normalized spacial score (nSPS) is 14.4. The third kappa shape index (κ3) is 4.45. The number of piperazine rings is 1. The van der Waals surface area contributed by atoms with Crippen molar-refractivity contribution in [3.05, 3.63) is 54.6 Å². The first-order chi connectivity index (χ1) is 14.4. The molecule has 8 nitrogen and oxygen atoms in total. The molecule has 0 spiro atoms. The van der Waals surface area contributed by atoms with Crippen molar-refractivity contribution in [2.45, 2.75) is 6.18 Å². The van der Waals surface area contributed by atoms with Crippen LogP contribution < -0.4 is 15.5 Å². The number of rotatable bonds is 4. The zero-order valence-electron chi connectivity index (χ0n) is 15.5. The van der Waals surface area contributed by atoms with Gasteiger partial charge in [-0.2, -0.15) is 13.2 Å². The lowest BCUT2D eigenvalue weighted by atomic mass is 10.2. The van der Waals surface area contributed by atoms with E-state index >= 15 is 0 Å². The molecule has 0 aromatic carbocycles. The van der Waals surface area contributed by atoms with Crippen LogP contribution in [0.25, 0.3) is 11.4 Å². The standard InChI is InChI=1S/C19H16F3N7O/c20-19(21,22)14-9-15(28-18(27-14)12-3-5-23-6-4-12)26-13-1-2-16(25-10-13)29-8-7-24-17(30)11-29/h1-6,9-10H,7-8,11H2,(H,24,30)(H,26,27,28). The van der Waals surface area contributed by atoms with E-state index in [2.05, 4.69) is 30.6 Å². The van der Waals surface area contributed by atoms with Crippen molar-refractivity contribution in [1.29, 1.82) is 0 Å². The van der Waals surface area contributed by atoms with E-state index < -0.39 is 11.9 Å². The SMILES string of the molecule is O=C1CN(c2ccc(Nc3cc(C(F)(F)F)nc(-c4ccncc4)n3)cn2)CCN1. The van der Waals surface area contributed by atoms with Crippen molar-refractivity contribution in [3.63, 3.8) is 0 Å². The molecule has 2 N–H and O–H groups in total. The summed E-state index contributed by atoms with van der Waals surface area (Å²) in [4.78, 5) is 29.3. The molecular weight excluding hydrogens is 399 g/mol. The molecule has 1 saturated heterocycles. The van der Waals surface area contributed by atoms with Crippen LogP contribution in [0.1, 0.15) is 5.69 Å². The third-order valence-corrected chi connectivity index (χ3v) is 4.34. The van der Waals surface area contributed by atoms with Crippen molar-refractivity contribution in [2.24, 2.45) is 0 Å². The van der Waals surface area contributed by atoms with E-state index in [-0.39, 0.29) is 24.1 Å². The van der Waals surface area contributed by atoms with Gasteiger partial charge in [-0.1, -0.05) is 0 Å². The smallest absolute Gasteiger partial charge is 0.353 e. The van der Waals surface area contributed by atoms with Gasteiger partial charge in [-0.3, -0.25) is 9.78 Å². The number of carbonyl (C=O) groups is 1. The summed E-state index contributed by atoms with van der Waals surface area (Å²) >= 11 is 0. The zero-order valence-corrected chi connectivity index (χ0v) is 15.5. The Morgan fingerprint density at radius 1 is 1.10 bits per heavy atom. The molecular formula is C19H16F3N7O. The Bertz CT molecular complexity index is 1040. The van der Waals surface area contributed by atoms with Gasteiger partial charge in [0.15, 0.2) is 11.5 Å². The number of anilines is 3. The van der Waals surface area contributed by atoms with E-state index in [0.717, 1.165) is 6.07 Å². The van der Waals surface area contributed by atoms with E-state index in [0.29, 0.717) is 30.2 Å². The van der Waals surface area contributed by atoms with Crippen LogP contribution in [0.3, 0.4) is 0 Å². The van der Waals surface area contributed by atoms with Gasteiger partial charge in [-0.05, 0) is 24.3 Å². The monoisotopic (exact) mass is 415 g/mol. The number of nitrogens with zero attached hydrogens (tertiary/aromatic N) is 5. The van der Waals surface area contributed by atoms with Gasteiger partial charge in [-0.15, -0.1) is 0 Å². The maximum Gasteiger partial charge on any atom is 0.433 e. The van der Waals surface area contributed by atoms with Crippen LogP contribution >= 0.6 is 0 Å². The highest BCUT2D eigenvalue weighted by Crippen LogP contribution is 2.31. The molecule has 154 valence electrons. The van der Waals surface area contributed by atoms with Crippen molar-refractivity contribution < 1.29 is 18.0 Å². The molecule has 0 aliphatic carbocycles. The second-order valence-corrected chi connectivity index (χ2v) is 6.50. The lowest BCUT2D eigenvalue weighted by molar-refractivity contribution is -0.141. The number of hydrogen-bond acceptors (Lipinski definition) is 7. The van der Waals surface area contributed by atoms with E-state index in [1.165, 1.54) is 30.7 Å². The van der Waals surface area contributed by atoms with Crippen LogP contribution in [0.5, 0.6) is 0 Å². The Morgan fingerprint density at radius 3 is 2.57 bits per heavy atom. The lowest BCUT2D eigenvalue weighted by Crippen LogP contribution is -2.48. The fourth-order valence-corrected chi connectivity index (χ4v) is 2.92. The summed E-state index contributed by atoms with van der Waals surface area (Å²) in [6.07, 6.45) is -0.244. The number of carbonyl (C=O) groups excluding carboxylic acids is 1. The third-order valence-electron chi connectivity index (χ3n) is 4.34. The second-order valence-electron chi connectivity index (χ2n) is 6.50. The number of halogens is 3. The molecule has 0 unspecified atom stereocenters. The molecule has 4 heterocycles. The number of alkyl halides is 3. The Hall–Kier alpha value is -3.76. The van der Waals surface area contributed by atoms with Crippen LogP contribution in [-0.4, -0.2) is 45.5 Å². The highest BCUT2D eigenvalue weighted by Gasteiger charge is 2.34. The molecule has 30 heavy (non-hydrogen) atoms. The Kier molecular flexibility index (Phi) is 5.17. The molecule has 0 radical (unpaired) electrons. The number of hydrogen-bond donors (Lipinski definition) is 2. The van der Waals surface area contributed by atoms with Gasteiger partial charge >= 0.3 is 6.18 Å². The highest BCUT2D eigenvalue weighted by molar-refractivity contribution is 5.82. The molecule has 3 aromatic rings. The second kappa shape index (κ2) is 7.93. The minimum absolute atomic E-state index is 0.0176. The topological polar surface area (TPSA) is 95.9 Å². The van der Waals surface area contributed by atoms with Gasteiger partial charge in [0, 0.05) is 37.1 Å². The maximum absolute atomic E-state index is 13.3. The quantitative estimate of drug-likeness (QED) is 0.676. The van der Waals surface area contributed by atoms with Gasteiger partial charge in [0.2, 0.25) is 5.91 Å². The van der Waals surface area contributed by atoms with Crippen LogP contribution in [0, 0.1) is 0 Å². The summed E-state index contributed by atoms with van der Waals surface area (Å²) in [6.45, 7) is 1.36. The predicted octanol–water partition coefficient (Wildman–Crippen LogP) is 2.63. The number of amides is 1. The summed E-state index contributed by atoms with van der Waals surface area (Å²) in [6, 6.07) is 7.26. The van der Waals surface area contributed by atoms with Gasteiger partial charge in [0.05, 0.1) is 18.4 Å². The van der Waals surface area contributed by atoms with Gasteiger partial charge in [0.25, 0.3) is 0 Å². The molecule has 1 fully saturated rings. The van der Waals surface area contributed by atoms with Gasteiger partial charge in [0.1, 0.15) is 11.6 Å². The zero-order chi connectivity index (χ0) is 21.1. The Morgan fingerprint density at radius 2 is 1.90 bits per heavy atom. The fraction of sp³-hybridized carbons (Fsp3) is 0.211. The molecule has 0 saturated carbocycles. The van der Waals surface area contributed by atoms with Crippen LogP contribution in [-0.2, 0) is 11.0 Å². The summed E-state index contributed by atoms with van der Waals surface area (Å²) in [5, 5.41) is 5.57. The summed E-state index contributed by atoms with van der Waals surface area (Å²) in [5.74, 6) is 0.427. The number of aromatic nitrogens is 4. The first kappa shape index (κ1) is 19.6. The lowest BCUT2D eigenvalue weighted by Gasteiger charge is -2.27. The van der Waals surface area contributed by atoms with Crippen molar-refractivity contribution in [2.75, 3.05) is 29.9 Å². The maximum atomic E-state index is 13.3. The molecule has 1 aliphatic heterocycles. The molecule has 3 aromatic heterocycles. The molecule has 4 rings (SSSR count). The Labute approximate surface area is 169 Å². The fourth-order valence-electron chi connectivity index (χ4n) is 2.92. The largest absolute Gasteiger partial charge is 0.433 e. The van der Waals surface area contributed by atoms with E-state index in [4.69, 9.17) is 0 Å². The molecule has 1 aliphatic rings. The number of pyridine rings is 2. The minimum atomic E-state index is -4.63. The molecule has 0 atom stereocenters. The van der Waals surface area contributed by atoms with Crippen molar-refractivity contribution in [1.82, 2.24) is 25.3 Å². The summed E-state index contributed by atoms with van der Waals surface area (Å²) in [7, 11) is 0. The Balaban J connectivity index is 1.60. The summed E-state index contributed by atoms with van der Waals surface area (Å²) < 4.78 is 39.9. The van der Waals surface area contributed by atoms with Gasteiger partial charge in [-0.25, -0.2) is 15.0 Å². The van der Waals surface area contributed by atoms with E-state index in [1.807, 2.05) is 4.90 Å². The van der Waals surface area contributed by atoms with Crippen molar-refractivity contribution >= 4 is 23.2 Å². The average Bonchev–Trinajstić information content (AvgIpc) is 2.74. The highest BCUT2D eigenvalue weighted by atomic mass is 19.4. The molecule has 0 bridgehead atoms. The molecule has 11 heteroatoms. The number of nitrogens with one attached hydrogen (secondary N) is 2. The van der Waals surface area contributed by atoms with Gasteiger partial charge < -0.3 is 15.5 Å². The first-order valence-electron chi connectivity index (χ1n) is 9.00. The average molecular weight is 415 g/mol. The minimum Gasteiger partial charge on any atom is -0.353 e. The predicted molar refractivity (Wildman–Crippen MR) is 103 cm³/mol. The summed E-state index contributed by atoms with van der Waals surface area (Å²) in [5.41, 5.74) is -0.195. The van der Waals surface area contributed by atoms with Crippen LogP contribution in [0.15, 0.2) is 48.9 Å². The molecule has 1 amide bonds. The van der Waals surface area contributed by atoms with E-state index in [9.17, 15) is 18.0 Å². The van der Waals surface area contributed by atoms with Crippen LogP contribution in [0.4, 0.5) is 30.5 Å². The van der Waals surface area contributed by atoms with Crippen LogP contribution in [0.2, 0.25) is 0 Å².